The van der Waals surface area contributed by atoms with E-state index in [1.54, 1.807) is 41.5 Å². The summed E-state index contributed by atoms with van der Waals surface area (Å²) >= 11 is 0. The first-order valence-electron chi connectivity index (χ1n) is 9.30. The molecule has 0 saturated carbocycles. The number of carbonyl (C=O) groups is 1. The molecule has 30 heavy (non-hydrogen) atoms. The van der Waals surface area contributed by atoms with E-state index in [9.17, 15) is 18.3 Å². The van der Waals surface area contributed by atoms with Crippen LogP contribution in [0.2, 0.25) is 0 Å². The Balaban J connectivity index is 1.65. The number of sulfone groups is 1. The molecule has 1 saturated heterocycles. The van der Waals surface area contributed by atoms with Gasteiger partial charge in [-0.15, -0.1) is 0 Å². The van der Waals surface area contributed by atoms with Crippen LogP contribution < -0.4 is 5.32 Å². The third-order valence-electron chi connectivity index (χ3n) is 4.80. The van der Waals surface area contributed by atoms with Crippen molar-refractivity contribution in [2.45, 2.75) is 12.1 Å². The quantitative estimate of drug-likeness (QED) is 0.618. The van der Waals surface area contributed by atoms with E-state index in [2.05, 4.69) is 22.1 Å². The molecule has 0 radical (unpaired) electrons. The van der Waals surface area contributed by atoms with Crippen LogP contribution in [-0.4, -0.2) is 52.6 Å². The number of rotatable bonds is 3. The number of aromatic nitrogens is 2. The molecule has 7 nitrogen and oxygen atoms in total. The summed E-state index contributed by atoms with van der Waals surface area (Å²) in [7, 11) is -3.35. The Kier molecular flexibility index (Phi) is 5.40. The Bertz CT molecular complexity index is 1230. The van der Waals surface area contributed by atoms with E-state index in [0.29, 0.717) is 11.1 Å². The third-order valence-corrected chi connectivity index (χ3v) is 6.51. The van der Waals surface area contributed by atoms with Crippen molar-refractivity contribution in [3.63, 3.8) is 0 Å². The maximum atomic E-state index is 12.7. The standard InChI is InChI=1S/C22H19N3O4S/c26-21-14-30(28,29)13-19(21)24-22(27)18-8-9-20(25-11-10-23-15-25)17(12-18)7-6-16-4-2-1-3-5-16/h1-5,8-12,15,19,21,26H,13-14H2,(H,24,27)/t19-,21-/m0/s1. The van der Waals surface area contributed by atoms with Gasteiger partial charge in [-0.05, 0) is 30.3 Å². The van der Waals surface area contributed by atoms with Crippen LogP contribution in [-0.2, 0) is 9.84 Å². The topological polar surface area (TPSA) is 101 Å². The predicted molar refractivity (Wildman–Crippen MR) is 112 cm³/mol. The van der Waals surface area contributed by atoms with Crippen molar-refractivity contribution in [3.05, 3.63) is 83.9 Å². The fourth-order valence-corrected chi connectivity index (χ4v) is 5.03. The van der Waals surface area contributed by atoms with Crippen molar-refractivity contribution < 1.29 is 18.3 Å². The highest BCUT2D eigenvalue weighted by molar-refractivity contribution is 7.91. The molecule has 1 amide bonds. The van der Waals surface area contributed by atoms with E-state index >= 15 is 0 Å². The molecule has 152 valence electrons. The van der Waals surface area contributed by atoms with E-state index in [0.717, 1.165) is 11.3 Å². The van der Waals surface area contributed by atoms with Crippen LogP contribution in [0.3, 0.4) is 0 Å². The largest absolute Gasteiger partial charge is 0.390 e. The zero-order valence-corrected chi connectivity index (χ0v) is 16.7. The minimum absolute atomic E-state index is 0.270. The first-order valence-corrected chi connectivity index (χ1v) is 11.1. The molecule has 0 bridgehead atoms. The Morgan fingerprint density at radius 2 is 1.93 bits per heavy atom. The van der Waals surface area contributed by atoms with Crippen molar-refractivity contribution in [1.82, 2.24) is 14.9 Å². The van der Waals surface area contributed by atoms with Gasteiger partial charge in [0.2, 0.25) is 0 Å². The highest BCUT2D eigenvalue weighted by Gasteiger charge is 2.37. The molecule has 0 spiro atoms. The molecule has 2 aromatic carbocycles. The van der Waals surface area contributed by atoms with Gasteiger partial charge < -0.3 is 15.0 Å². The molecule has 1 aliphatic rings. The second-order valence-electron chi connectivity index (χ2n) is 7.04. The van der Waals surface area contributed by atoms with Gasteiger partial charge in [-0.1, -0.05) is 30.0 Å². The predicted octanol–water partition coefficient (Wildman–Crippen LogP) is 1.16. The Morgan fingerprint density at radius 1 is 1.13 bits per heavy atom. The van der Waals surface area contributed by atoms with E-state index in [4.69, 9.17) is 0 Å². The minimum Gasteiger partial charge on any atom is -0.390 e. The number of carbonyl (C=O) groups excluding carboxylic acids is 1. The molecule has 8 heteroatoms. The average Bonchev–Trinajstić information content (AvgIpc) is 3.34. The molecular weight excluding hydrogens is 402 g/mol. The Morgan fingerprint density at radius 3 is 2.60 bits per heavy atom. The van der Waals surface area contributed by atoms with Crippen LogP contribution in [0.1, 0.15) is 21.5 Å². The molecule has 1 aromatic heterocycles. The first kappa shape index (κ1) is 19.9. The summed E-state index contributed by atoms with van der Waals surface area (Å²) in [5.74, 6) is 5.12. The third kappa shape index (κ3) is 4.43. The summed E-state index contributed by atoms with van der Waals surface area (Å²) in [4.78, 5) is 16.8. The van der Waals surface area contributed by atoms with Crippen LogP contribution in [0.4, 0.5) is 0 Å². The summed E-state index contributed by atoms with van der Waals surface area (Å²) in [6.07, 6.45) is 3.96. The molecule has 1 fully saturated rings. The number of aliphatic hydroxyl groups excluding tert-OH is 1. The second-order valence-corrected chi connectivity index (χ2v) is 9.20. The smallest absolute Gasteiger partial charge is 0.251 e. The van der Waals surface area contributed by atoms with E-state index in [-0.39, 0.29) is 11.5 Å². The lowest BCUT2D eigenvalue weighted by Crippen LogP contribution is -2.42. The number of imidazole rings is 1. The SMILES string of the molecule is O=C(N[C@H]1CS(=O)(=O)C[C@@H]1O)c1ccc(-n2ccnc2)c(C#Cc2ccccc2)c1. The van der Waals surface area contributed by atoms with Gasteiger partial charge >= 0.3 is 0 Å². The molecule has 1 aliphatic heterocycles. The van der Waals surface area contributed by atoms with Gasteiger partial charge in [0.15, 0.2) is 9.84 Å². The van der Waals surface area contributed by atoms with Crippen LogP contribution in [0.15, 0.2) is 67.3 Å². The van der Waals surface area contributed by atoms with Gasteiger partial charge in [-0.2, -0.15) is 0 Å². The highest BCUT2D eigenvalue weighted by atomic mass is 32.2. The normalized spacial score (nSPS) is 19.6. The molecule has 0 aliphatic carbocycles. The van der Waals surface area contributed by atoms with Crippen LogP contribution >= 0.6 is 0 Å². The molecule has 3 aromatic rings. The highest BCUT2D eigenvalue weighted by Crippen LogP contribution is 2.18. The molecule has 2 atom stereocenters. The second kappa shape index (κ2) is 8.14. The van der Waals surface area contributed by atoms with E-state index < -0.39 is 27.9 Å². The number of aliphatic hydroxyl groups is 1. The van der Waals surface area contributed by atoms with Gasteiger partial charge in [0.25, 0.3) is 5.91 Å². The Hall–Kier alpha value is -3.41. The number of hydrogen-bond acceptors (Lipinski definition) is 5. The van der Waals surface area contributed by atoms with Crippen LogP contribution in [0.5, 0.6) is 0 Å². The monoisotopic (exact) mass is 421 g/mol. The molecular formula is C22H19N3O4S. The van der Waals surface area contributed by atoms with Gasteiger partial charge in [0, 0.05) is 29.1 Å². The van der Waals surface area contributed by atoms with Gasteiger partial charge in [0.1, 0.15) is 0 Å². The summed E-state index contributed by atoms with van der Waals surface area (Å²) in [6, 6.07) is 13.7. The maximum Gasteiger partial charge on any atom is 0.251 e. The average molecular weight is 421 g/mol. The number of nitrogens with one attached hydrogen (secondary N) is 1. The lowest BCUT2D eigenvalue weighted by atomic mass is 10.1. The van der Waals surface area contributed by atoms with Gasteiger partial charge in [0.05, 0.1) is 35.7 Å². The summed E-state index contributed by atoms with van der Waals surface area (Å²) in [5, 5.41) is 12.5. The number of hydrogen-bond donors (Lipinski definition) is 2. The number of nitrogens with zero attached hydrogens (tertiary/aromatic N) is 2. The lowest BCUT2D eigenvalue weighted by Gasteiger charge is -2.15. The Labute approximate surface area is 174 Å². The zero-order chi connectivity index (χ0) is 21.1. The van der Waals surface area contributed by atoms with Crippen molar-refractivity contribution >= 4 is 15.7 Å². The fraction of sp³-hybridized carbons (Fsp3) is 0.182. The molecule has 2 heterocycles. The van der Waals surface area contributed by atoms with Gasteiger partial charge in [-0.25, -0.2) is 13.4 Å². The van der Waals surface area contributed by atoms with Crippen molar-refractivity contribution in [1.29, 1.82) is 0 Å². The first-order chi connectivity index (χ1) is 14.4. The molecule has 0 unspecified atom stereocenters. The minimum atomic E-state index is -3.35. The van der Waals surface area contributed by atoms with Crippen LogP contribution in [0.25, 0.3) is 5.69 Å². The molecule has 4 rings (SSSR count). The van der Waals surface area contributed by atoms with E-state index in [1.807, 2.05) is 30.3 Å². The number of amides is 1. The van der Waals surface area contributed by atoms with E-state index in [1.165, 1.54) is 0 Å². The van der Waals surface area contributed by atoms with Gasteiger partial charge in [-0.3, -0.25) is 4.79 Å². The molecule has 2 N–H and O–H groups in total. The summed E-state index contributed by atoms with van der Waals surface area (Å²) in [6.45, 7) is 0. The summed E-state index contributed by atoms with van der Waals surface area (Å²) in [5.41, 5.74) is 2.54. The number of benzene rings is 2. The van der Waals surface area contributed by atoms with Crippen molar-refractivity contribution in [3.8, 4) is 17.5 Å². The lowest BCUT2D eigenvalue weighted by molar-refractivity contribution is 0.0888. The van der Waals surface area contributed by atoms with Crippen LogP contribution in [0, 0.1) is 11.8 Å². The maximum absolute atomic E-state index is 12.7. The summed E-state index contributed by atoms with van der Waals surface area (Å²) < 4.78 is 25.2. The van der Waals surface area contributed by atoms with Crippen molar-refractivity contribution in [2.75, 3.05) is 11.5 Å². The fourth-order valence-electron chi connectivity index (χ4n) is 3.28. The van der Waals surface area contributed by atoms with Crippen molar-refractivity contribution in [2.24, 2.45) is 0 Å². The zero-order valence-electron chi connectivity index (χ0n) is 15.9.